The minimum atomic E-state index is -1.70. The third kappa shape index (κ3) is 6.68. The first kappa shape index (κ1) is 16.2. The number of amides is 1. The van der Waals surface area contributed by atoms with Gasteiger partial charge in [0.25, 0.3) is 0 Å². The van der Waals surface area contributed by atoms with E-state index in [4.69, 9.17) is 21.4 Å². The number of carbonyl (C=O) groups excluding carboxylic acids is 1. The molecule has 0 radical (unpaired) electrons. The van der Waals surface area contributed by atoms with E-state index >= 15 is 0 Å². The molecule has 0 saturated heterocycles. The van der Waals surface area contributed by atoms with Gasteiger partial charge in [-0.2, -0.15) is 0 Å². The molecule has 0 spiro atoms. The van der Waals surface area contributed by atoms with Gasteiger partial charge in [-0.1, -0.05) is 6.92 Å². The van der Waals surface area contributed by atoms with Crippen molar-refractivity contribution in [2.24, 2.45) is 11.7 Å². The van der Waals surface area contributed by atoms with E-state index in [1.165, 1.54) is 0 Å². The van der Waals surface area contributed by atoms with Crippen molar-refractivity contribution in [3.05, 3.63) is 0 Å². The van der Waals surface area contributed by atoms with Crippen LogP contribution in [0, 0.1) is 5.92 Å². The van der Waals surface area contributed by atoms with Gasteiger partial charge in [-0.05, 0) is 38.7 Å². The van der Waals surface area contributed by atoms with Gasteiger partial charge in [0, 0.05) is 11.4 Å². The second-order valence-corrected chi connectivity index (χ2v) is 15.0. The van der Waals surface area contributed by atoms with Crippen LogP contribution in [0.5, 0.6) is 0 Å². The van der Waals surface area contributed by atoms with E-state index < -0.39 is 16.6 Å². The second-order valence-electron chi connectivity index (χ2n) is 5.60. The third-order valence-corrected chi connectivity index (χ3v) is 11.0. The summed E-state index contributed by atoms with van der Waals surface area (Å²) >= 11 is 5.90. The highest BCUT2D eigenvalue weighted by atomic mass is 35.5. The minimum Gasteiger partial charge on any atom is -0.455 e. The molecule has 1 amide bonds. The maximum absolute atomic E-state index is 10.9. The van der Waals surface area contributed by atoms with Crippen LogP contribution in [0.25, 0.3) is 0 Å². The summed E-state index contributed by atoms with van der Waals surface area (Å²) in [5, 5.41) is 0. The predicted octanol–water partition coefficient (Wildman–Crippen LogP) is 2.70. The van der Waals surface area contributed by atoms with Crippen molar-refractivity contribution in [2.45, 2.75) is 45.6 Å². The Labute approximate surface area is 106 Å². The number of primary amides is 1. The van der Waals surface area contributed by atoms with Crippen LogP contribution in [0.2, 0.25) is 32.2 Å². The van der Waals surface area contributed by atoms with Gasteiger partial charge in [-0.25, -0.2) is 0 Å². The van der Waals surface area contributed by atoms with E-state index in [-0.39, 0.29) is 11.8 Å². The summed E-state index contributed by atoms with van der Waals surface area (Å²) in [7, 11) is -3.40. The smallest absolute Gasteiger partial charge is 0.220 e. The van der Waals surface area contributed by atoms with E-state index in [0.717, 1.165) is 12.5 Å². The molecule has 2 N–H and O–H groups in total. The molecule has 1 unspecified atom stereocenters. The lowest BCUT2D eigenvalue weighted by Gasteiger charge is -2.33. The topological polar surface area (TPSA) is 52.3 Å². The zero-order valence-corrected chi connectivity index (χ0v) is 13.7. The SMILES string of the molecule is CC(CC[Si](C)(C)O[Si](C)(C)CCl)C(N)=O. The zero-order chi connectivity index (χ0) is 13.0. The van der Waals surface area contributed by atoms with Crippen LogP contribution >= 0.6 is 11.6 Å². The molecular formula is C10H24ClNO2Si2. The van der Waals surface area contributed by atoms with Gasteiger partial charge in [0.1, 0.15) is 0 Å². The van der Waals surface area contributed by atoms with Crippen molar-refractivity contribution in [1.29, 1.82) is 0 Å². The number of carbonyl (C=O) groups is 1. The summed E-state index contributed by atoms with van der Waals surface area (Å²) in [6.07, 6.45) is 0.821. The highest BCUT2D eigenvalue weighted by molar-refractivity contribution is 6.87. The largest absolute Gasteiger partial charge is 0.455 e. The summed E-state index contributed by atoms with van der Waals surface area (Å²) in [6.45, 7) is 10.5. The summed E-state index contributed by atoms with van der Waals surface area (Å²) < 4.78 is 6.20. The molecule has 0 heterocycles. The monoisotopic (exact) mass is 281 g/mol. The highest BCUT2D eigenvalue weighted by Crippen LogP contribution is 2.22. The van der Waals surface area contributed by atoms with E-state index in [2.05, 4.69) is 26.2 Å². The molecule has 0 fully saturated rings. The van der Waals surface area contributed by atoms with E-state index in [9.17, 15) is 4.79 Å². The van der Waals surface area contributed by atoms with Crippen LogP contribution in [0.15, 0.2) is 0 Å². The van der Waals surface area contributed by atoms with Crippen LogP contribution in [0.1, 0.15) is 13.3 Å². The standard InChI is InChI=1S/C10H24ClNO2Si2/c1-9(10(12)13)6-7-15(2,3)14-16(4,5)8-11/h9H,6-8H2,1-5H3,(H2,12,13). The van der Waals surface area contributed by atoms with Crippen LogP contribution in [0.3, 0.4) is 0 Å². The van der Waals surface area contributed by atoms with Crippen molar-refractivity contribution in [3.8, 4) is 0 Å². The Morgan fingerprint density at radius 1 is 1.31 bits per heavy atom. The molecule has 6 heteroatoms. The van der Waals surface area contributed by atoms with E-state index in [1.54, 1.807) is 0 Å². The van der Waals surface area contributed by atoms with E-state index in [1.807, 2.05) is 6.92 Å². The summed E-state index contributed by atoms with van der Waals surface area (Å²) in [5.74, 6) is -0.283. The van der Waals surface area contributed by atoms with Crippen molar-refractivity contribution in [1.82, 2.24) is 0 Å². The maximum atomic E-state index is 10.9. The number of hydrogen-bond acceptors (Lipinski definition) is 2. The molecule has 0 aliphatic heterocycles. The lowest BCUT2D eigenvalue weighted by molar-refractivity contribution is -0.121. The van der Waals surface area contributed by atoms with Crippen LogP contribution < -0.4 is 5.73 Å². The lowest BCUT2D eigenvalue weighted by Crippen LogP contribution is -2.46. The third-order valence-electron chi connectivity index (χ3n) is 2.54. The van der Waals surface area contributed by atoms with E-state index in [0.29, 0.717) is 5.50 Å². The zero-order valence-electron chi connectivity index (χ0n) is 11.0. The molecule has 3 nitrogen and oxygen atoms in total. The number of hydrogen-bond donors (Lipinski definition) is 1. The first-order valence-corrected chi connectivity index (χ1v) is 12.4. The number of nitrogens with two attached hydrogens (primary N) is 1. The molecule has 0 aliphatic rings. The Balaban J connectivity index is 4.20. The Morgan fingerprint density at radius 2 is 1.81 bits per heavy atom. The van der Waals surface area contributed by atoms with Gasteiger partial charge in [0.05, 0.1) is 0 Å². The Kier molecular flexibility index (Phi) is 6.24. The fourth-order valence-electron chi connectivity index (χ4n) is 1.53. The molecule has 0 aromatic rings. The van der Waals surface area contributed by atoms with Gasteiger partial charge >= 0.3 is 0 Å². The van der Waals surface area contributed by atoms with Crippen LogP contribution in [-0.4, -0.2) is 28.0 Å². The summed E-state index contributed by atoms with van der Waals surface area (Å²) in [5.41, 5.74) is 5.86. The first-order chi connectivity index (χ1) is 7.09. The summed E-state index contributed by atoms with van der Waals surface area (Å²) in [4.78, 5) is 10.9. The second kappa shape index (κ2) is 6.19. The molecule has 0 bridgehead atoms. The van der Waals surface area contributed by atoms with Crippen LogP contribution in [-0.2, 0) is 8.91 Å². The molecule has 1 atom stereocenters. The molecule has 96 valence electrons. The van der Waals surface area contributed by atoms with Crippen molar-refractivity contribution in [3.63, 3.8) is 0 Å². The molecule has 0 rings (SSSR count). The minimum absolute atomic E-state index is 0.0591. The Bertz CT molecular complexity index is 247. The molecular weight excluding hydrogens is 258 g/mol. The van der Waals surface area contributed by atoms with Gasteiger partial charge in [0.2, 0.25) is 5.91 Å². The Hall–Kier alpha value is 0.154. The highest BCUT2D eigenvalue weighted by Gasteiger charge is 2.32. The summed E-state index contributed by atoms with van der Waals surface area (Å²) in [6, 6.07) is 0.963. The fraction of sp³-hybridized carbons (Fsp3) is 0.900. The van der Waals surface area contributed by atoms with Crippen molar-refractivity contribution in [2.75, 3.05) is 5.50 Å². The number of halogens is 1. The number of alkyl halides is 1. The van der Waals surface area contributed by atoms with Gasteiger partial charge in [0.15, 0.2) is 16.6 Å². The predicted molar refractivity (Wildman–Crippen MR) is 74.6 cm³/mol. The fourth-order valence-corrected chi connectivity index (χ4v) is 9.76. The van der Waals surface area contributed by atoms with Gasteiger partial charge < -0.3 is 9.85 Å². The average Bonchev–Trinajstić information content (AvgIpc) is 2.12. The Morgan fingerprint density at radius 3 is 2.19 bits per heavy atom. The molecule has 0 aliphatic carbocycles. The first-order valence-electron chi connectivity index (χ1n) is 5.65. The lowest BCUT2D eigenvalue weighted by atomic mass is 10.1. The molecule has 0 saturated carbocycles. The average molecular weight is 282 g/mol. The van der Waals surface area contributed by atoms with Gasteiger partial charge in [-0.3, -0.25) is 4.79 Å². The molecule has 0 aromatic heterocycles. The quantitative estimate of drug-likeness (QED) is 0.576. The normalized spacial score (nSPS) is 14.9. The van der Waals surface area contributed by atoms with Crippen molar-refractivity contribution >= 4 is 34.1 Å². The van der Waals surface area contributed by atoms with Crippen molar-refractivity contribution < 1.29 is 8.91 Å². The van der Waals surface area contributed by atoms with Crippen LogP contribution in [0.4, 0.5) is 0 Å². The maximum Gasteiger partial charge on any atom is 0.220 e. The van der Waals surface area contributed by atoms with Gasteiger partial charge in [-0.15, -0.1) is 11.6 Å². The number of rotatable bonds is 7. The molecule has 16 heavy (non-hydrogen) atoms. The molecule has 0 aromatic carbocycles.